The average molecular weight is 534 g/mol. The molecule has 1 aromatic heterocycles. The van der Waals surface area contributed by atoms with E-state index in [9.17, 15) is 14.4 Å². The molecule has 2 atom stereocenters. The van der Waals surface area contributed by atoms with Gasteiger partial charge in [0.05, 0.1) is 12.1 Å². The minimum Gasteiger partial charge on any atom is -0.489 e. The van der Waals surface area contributed by atoms with Gasteiger partial charge in [-0.2, -0.15) is 0 Å². The fourth-order valence-electron chi connectivity index (χ4n) is 4.87. The number of rotatable bonds is 9. The van der Waals surface area contributed by atoms with E-state index in [1.807, 2.05) is 42.2 Å². The third kappa shape index (κ3) is 7.30. The summed E-state index contributed by atoms with van der Waals surface area (Å²) in [4.78, 5) is 45.3. The van der Waals surface area contributed by atoms with Crippen molar-refractivity contribution in [2.75, 3.05) is 33.7 Å². The van der Waals surface area contributed by atoms with Crippen LogP contribution in [0.3, 0.4) is 0 Å². The Morgan fingerprint density at radius 1 is 1.13 bits per heavy atom. The Bertz CT molecular complexity index is 1330. The third-order valence-electron chi connectivity index (χ3n) is 7.03. The predicted octanol–water partition coefficient (Wildman–Crippen LogP) is 2.53. The molecular formula is C29H35N5O5. The van der Waals surface area contributed by atoms with E-state index in [1.165, 1.54) is 4.90 Å². The molecule has 2 aromatic carbocycles. The zero-order valence-electron chi connectivity index (χ0n) is 22.5. The molecule has 1 aliphatic rings. The number of nitrogens with zero attached hydrogens (tertiary/aromatic N) is 3. The minimum atomic E-state index is -0.504. The molecule has 1 aliphatic heterocycles. The largest absolute Gasteiger partial charge is 0.489 e. The minimum absolute atomic E-state index is 0.0304. The molecule has 39 heavy (non-hydrogen) atoms. The Kier molecular flexibility index (Phi) is 9.11. The summed E-state index contributed by atoms with van der Waals surface area (Å²) in [6, 6.07) is 16.5. The normalized spacial score (nSPS) is 17.4. The number of carbonyl (C=O) groups is 3. The van der Waals surface area contributed by atoms with Gasteiger partial charge >= 0.3 is 0 Å². The second-order valence-electron chi connectivity index (χ2n) is 10.1. The van der Waals surface area contributed by atoms with Crippen molar-refractivity contribution in [2.24, 2.45) is 5.92 Å². The van der Waals surface area contributed by atoms with Gasteiger partial charge in [-0.3, -0.25) is 29.5 Å². The molecule has 0 aliphatic carbocycles. The van der Waals surface area contributed by atoms with Crippen molar-refractivity contribution in [1.82, 2.24) is 25.6 Å². The molecular weight excluding hydrogens is 498 g/mol. The number of carbonyl (C=O) groups excluding carboxylic acids is 3. The second-order valence-corrected chi connectivity index (χ2v) is 10.1. The Labute approximate surface area is 227 Å². The zero-order chi connectivity index (χ0) is 27.9. The van der Waals surface area contributed by atoms with E-state index in [-0.39, 0.29) is 36.7 Å². The fourth-order valence-corrected chi connectivity index (χ4v) is 4.87. The van der Waals surface area contributed by atoms with Crippen molar-refractivity contribution < 1.29 is 24.3 Å². The van der Waals surface area contributed by atoms with Crippen LogP contribution in [0, 0.1) is 12.8 Å². The molecule has 0 unspecified atom stereocenters. The number of fused-ring (bicyclic) bond motifs is 1. The van der Waals surface area contributed by atoms with Crippen LogP contribution in [-0.4, -0.2) is 77.5 Å². The maximum absolute atomic E-state index is 13.1. The van der Waals surface area contributed by atoms with Crippen LogP contribution in [0.1, 0.15) is 34.5 Å². The lowest BCUT2D eigenvalue weighted by atomic mass is 9.88. The predicted molar refractivity (Wildman–Crippen MR) is 146 cm³/mol. The summed E-state index contributed by atoms with van der Waals surface area (Å²) in [6.07, 6.45) is 0.682. The number of likely N-dealkylation sites (tertiary alicyclic amines) is 1. The summed E-state index contributed by atoms with van der Waals surface area (Å²) in [5.74, 6) is -0.355. The molecule has 10 heteroatoms. The van der Waals surface area contributed by atoms with Gasteiger partial charge in [-0.1, -0.05) is 18.2 Å². The first kappa shape index (κ1) is 28.0. The molecule has 3 amide bonds. The van der Waals surface area contributed by atoms with Gasteiger partial charge < -0.3 is 15.0 Å². The number of hydrogen-bond acceptors (Lipinski definition) is 7. The van der Waals surface area contributed by atoms with Crippen molar-refractivity contribution in [3.8, 4) is 5.75 Å². The molecule has 206 valence electrons. The number of likely N-dealkylation sites (N-methyl/N-ethyl adjacent to an activating group) is 1. The Morgan fingerprint density at radius 2 is 1.87 bits per heavy atom. The van der Waals surface area contributed by atoms with Crippen molar-refractivity contribution in [2.45, 2.75) is 32.4 Å². The Balaban J connectivity index is 1.40. The number of hydrogen-bond donors (Lipinski definition) is 3. The zero-order valence-corrected chi connectivity index (χ0v) is 22.5. The number of benzene rings is 2. The molecule has 4 rings (SSSR count). The van der Waals surface area contributed by atoms with Gasteiger partial charge in [0.1, 0.15) is 12.4 Å². The monoisotopic (exact) mass is 533 g/mol. The van der Waals surface area contributed by atoms with Gasteiger partial charge in [-0.15, -0.1) is 0 Å². The number of para-hydroxylation sites is 1. The van der Waals surface area contributed by atoms with Gasteiger partial charge in [0, 0.05) is 55.3 Å². The lowest BCUT2D eigenvalue weighted by molar-refractivity contribution is -0.132. The molecule has 1 fully saturated rings. The van der Waals surface area contributed by atoms with Crippen LogP contribution in [0.25, 0.3) is 10.9 Å². The van der Waals surface area contributed by atoms with Crippen LogP contribution < -0.4 is 15.5 Å². The molecule has 10 nitrogen and oxygen atoms in total. The third-order valence-corrected chi connectivity index (χ3v) is 7.03. The van der Waals surface area contributed by atoms with Gasteiger partial charge in [0.15, 0.2) is 0 Å². The van der Waals surface area contributed by atoms with Crippen molar-refractivity contribution in [3.63, 3.8) is 0 Å². The molecule has 3 N–H and O–H groups in total. The number of nitrogens with one attached hydrogen (secondary N) is 2. The number of aromatic nitrogens is 1. The molecule has 0 spiro atoms. The van der Waals surface area contributed by atoms with E-state index in [0.29, 0.717) is 37.4 Å². The number of hydroxylamine groups is 1. The van der Waals surface area contributed by atoms with E-state index in [1.54, 1.807) is 43.8 Å². The number of pyridine rings is 1. The molecule has 0 radical (unpaired) electrons. The molecule has 3 aromatic rings. The summed E-state index contributed by atoms with van der Waals surface area (Å²) < 4.78 is 6.01. The van der Waals surface area contributed by atoms with Crippen molar-refractivity contribution in [1.29, 1.82) is 0 Å². The highest BCUT2D eigenvalue weighted by Crippen LogP contribution is 2.23. The van der Waals surface area contributed by atoms with Gasteiger partial charge in [-0.25, -0.2) is 5.48 Å². The SMILES string of the molecule is Cc1cc(COc2ccc(C(=O)N[C@@H]3CN(CC(=O)N(C)C)CC[C@H]3CC(=O)NO)cc2)c2ccccc2n1. The summed E-state index contributed by atoms with van der Waals surface area (Å²) in [5.41, 5.74) is 5.01. The molecule has 1 saturated heterocycles. The van der Waals surface area contributed by atoms with Crippen molar-refractivity contribution >= 4 is 28.6 Å². The topological polar surface area (TPSA) is 124 Å². The van der Waals surface area contributed by atoms with Crippen LogP contribution in [-0.2, 0) is 16.2 Å². The fraction of sp³-hybridized carbons (Fsp3) is 0.379. The summed E-state index contributed by atoms with van der Waals surface area (Å²) in [7, 11) is 3.40. The van der Waals surface area contributed by atoms with E-state index in [4.69, 9.17) is 9.94 Å². The number of ether oxygens (including phenoxy) is 1. The van der Waals surface area contributed by atoms with Crippen LogP contribution in [0.2, 0.25) is 0 Å². The maximum atomic E-state index is 13.1. The highest BCUT2D eigenvalue weighted by atomic mass is 16.5. The Hall–Kier alpha value is -4.02. The quantitative estimate of drug-likeness (QED) is 0.285. The van der Waals surface area contributed by atoms with Crippen LogP contribution in [0.15, 0.2) is 54.6 Å². The highest BCUT2D eigenvalue weighted by Gasteiger charge is 2.33. The summed E-state index contributed by atoms with van der Waals surface area (Å²) in [6.45, 7) is 3.60. The molecule has 0 saturated carbocycles. The van der Waals surface area contributed by atoms with Crippen LogP contribution in [0.5, 0.6) is 5.75 Å². The Morgan fingerprint density at radius 3 is 2.59 bits per heavy atom. The smallest absolute Gasteiger partial charge is 0.251 e. The molecule has 0 bridgehead atoms. The summed E-state index contributed by atoms with van der Waals surface area (Å²) >= 11 is 0. The van der Waals surface area contributed by atoms with Crippen LogP contribution >= 0.6 is 0 Å². The number of amides is 3. The van der Waals surface area contributed by atoms with Gasteiger partial charge in [0.25, 0.3) is 5.91 Å². The lowest BCUT2D eigenvalue weighted by Crippen LogP contribution is -2.54. The van der Waals surface area contributed by atoms with Crippen LogP contribution in [0.4, 0.5) is 0 Å². The summed E-state index contributed by atoms with van der Waals surface area (Å²) in [5, 5.41) is 13.1. The average Bonchev–Trinajstić information content (AvgIpc) is 2.93. The van der Waals surface area contributed by atoms with Gasteiger partial charge in [-0.05, 0) is 62.2 Å². The standard InChI is InChI=1S/C29H35N5O5/c1-19-14-22(24-6-4-5-7-25(24)30-19)18-39-23-10-8-20(9-11-23)29(37)31-26-16-34(17-28(36)33(2)3)13-12-21(26)15-27(35)32-38/h4-11,14,21,26,38H,12-13,15-18H2,1-3H3,(H,31,37)(H,32,35)/t21-,26+/m0/s1. The number of aryl methyl sites for hydroxylation is 1. The first-order valence-electron chi connectivity index (χ1n) is 13.0. The van der Waals surface area contributed by atoms with E-state index in [2.05, 4.69) is 10.3 Å². The lowest BCUT2D eigenvalue weighted by Gasteiger charge is -2.38. The van der Waals surface area contributed by atoms with E-state index in [0.717, 1.165) is 22.2 Å². The maximum Gasteiger partial charge on any atom is 0.251 e. The second kappa shape index (κ2) is 12.7. The first-order valence-corrected chi connectivity index (χ1v) is 13.0. The van der Waals surface area contributed by atoms with E-state index >= 15 is 0 Å². The van der Waals surface area contributed by atoms with E-state index < -0.39 is 5.91 Å². The van der Waals surface area contributed by atoms with Crippen molar-refractivity contribution in [3.05, 3.63) is 71.4 Å². The van der Waals surface area contributed by atoms with Gasteiger partial charge in [0.2, 0.25) is 11.8 Å². The molecule has 2 heterocycles. The first-order chi connectivity index (χ1) is 18.7. The highest BCUT2D eigenvalue weighted by molar-refractivity contribution is 5.94. The number of piperidine rings is 1.